The van der Waals surface area contributed by atoms with Crippen molar-refractivity contribution in [3.05, 3.63) is 45.5 Å². The van der Waals surface area contributed by atoms with Gasteiger partial charge in [0.15, 0.2) is 5.11 Å². The number of carboxylic acid groups (broad SMARTS) is 1. The zero-order valence-electron chi connectivity index (χ0n) is 12.6. The summed E-state index contributed by atoms with van der Waals surface area (Å²) >= 11 is 5.02. The number of nitrogens with one attached hydrogen (secondary N) is 1. The summed E-state index contributed by atoms with van der Waals surface area (Å²) in [7, 11) is -4.02. The van der Waals surface area contributed by atoms with Crippen LogP contribution in [0.3, 0.4) is 0 Å². The van der Waals surface area contributed by atoms with Gasteiger partial charge in [0.05, 0.1) is 34.1 Å². The lowest BCUT2D eigenvalue weighted by atomic mass is 9.98. The lowest BCUT2D eigenvalue weighted by Crippen LogP contribution is -2.52. The molecule has 0 saturated carbocycles. The van der Waals surface area contributed by atoms with Crippen molar-refractivity contribution in [2.24, 2.45) is 0 Å². The minimum absolute atomic E-state index is 0.138. The number of hydrogen-bond donors (Lipinski definition) is 2. The van der Waals surface area contributed by atoms with Gasteiger partial charge in [0.25, 0.3) is 5.69 Å². The van der Waals surface area contributed by atoms with Crippen LogP contribution in [0, 0.1) is 10.1 Å². The molecule has 1 aliphatic heterocycles. The molecule has 0 radical (unpaired) electrons. The fourth-order valence-corrected chi connectivity index (χ4v) is 3.98. The number of benzene rings is 1. The Bertz CT molecular complexity index is 877. The maximum Gasteiger partial charge on any atom is 0.335 e. The molecule has 1 aromatic rings. The van der Waals surface area contributed by atoms with Gasteiger partial charge in [-0.05, 0) is 25.2 Å². The van der Waals surface area contributed by atoms with Crippen LogP contribution in [0.1, 0.15) is 12.5 Å². The summed E-state index contributed by atoms with van der Waals surface area (Å²) in [6, 6.07) is 4.47. The number of nitrogens with zero attached hydrogens (tertiary/aromatic N) is 2. The second-order valence-corrected chi connectivity index (χ2v) is 7.26. The average Bonchev–Trinajstić information content (AvgIpc) is 2.44. The summed E-state index contributed by atoms with van der Waals surface area (Å²) in [5.74, 6) is -1.40. The van der Waals surface area contributed by atoms with E-state index in [0.29, 0.717) is 4.31 Å². The third-order valence-electron chi connectivity index (χ3n) is 3.33. The van der Waals surface area contributed by atoms with Crippen molar-refractivity contribution in [2.75, 3.05) is 6.26 Å². The highest BCUT2D eigenvalue weighted by Gasteiger charge is 2.40. The lowest BCUT2D eigenvalue weighted by molar-refractivity contribution is -0.385. The molecule has 24 heavy (non-hydrogen) atoms. The summed E-state index contributed by atoms with van der Waals surface area (Å²) in [6.07, 6.45) is 0.839. The van der Waals surface area contributed by atoms with E-state index in [2.05, 4.69) is 5.32 Å². The van der Waals surface area contributed by atoms with Crippen LogP contribution in [-0.2, 0) is 14.8 Å². The minimum atomic E-state index is -4.02. The summed E-state index contributed by atoms with van der Waals surface area (Å²) in [6.45, 7) is 1.48. The van der Waals surface area contributed by atoms with Crippen molar-refractivity contribution >= 4 is 44.7 Å². The molecular weight excluding hydrogens is 358 g/mol. The molecule has 0 aromatic heterocycles. The molecule has 0 spiro atoms. The van der Waals surface area contributed by atoms with E-state index in [1.807, 2.05) is 0 Å². The van der Waals surface area contributed by atoms with Crippen LogP contribution in [0.4, 0.5) is 5.69 Å². The topological polar surface area (TPSA) is 130 Å². The van der Waals surface area contributed by atoms with Crippen LogP contribution >= 0.6 is 12.2 Å². The van der Waals surface area contributed by atoms with E-state index in [1.54, 1.807) is 0 Å². The first-order chi connectivity index (χ1) is 11.1. The van der Waals surface area contributed by atoms with Crippen LogP contribution in [0.5, 0.6) is 0 Å². The number of thiocarbonyl (C=S) groups is 1. The molecule has 1 aliphatic rings. The first-order valence-electron chi connectivity index (χ1n) is 6.57. The predicted molar refractivity (Wildman–Crippen MR) is 89.5 cm³/mol. The highest BCUT2D eigenvalue weighted by atomic mass is 32.2. The van der Waals surface area contributed by atoms with Gasteiger partial charge in [-0.25, -0.2) is 17.5 Å². The van der Waals surface area contributed by atoms with Gasteiger partial charge in [-0.15, -0.1) is 0 Å². The molecule has 11 heteroatoms. The Labute approximate surface area is 142 Å². The Morgan fingerprint density at radius 3 is 2.50 bits per heavy atom. The van der Waals surface area contributed by atoms with Crippen molar-refractivity contribution in [1.82, 2.24) is 9.62 Å². The van der Waals surface area contributed by atoms with Gasteiger partial charge in [-0.1, -0.05) is 12.1 Å². The number of carbonyl (C=O) groups is 1. The van der Waals surface area contributed by atoms with E-state index in [-0.39, 0.29) is 21.9 Å². The number of aliphatic carboxylic acids is 1. The first-order valence-corrected chi connectivity index (χ1v) is 8.83. The molecule has 1 atom stereocenters. The Balaban J connectivity index is 2.94. The smallest absolute Gasteiger partial charge is 0.335 e. The quantitative estimate of drug-likeness (QED) is 0.454. The Morgan fingerprint density at radius 1 is 1.42 bits per heavy atom. The van der Waals surface area contributed by atoms with Gasteiger partial charge in [0.1, 0.15) is 0 Å². The minimum Gasteiger partial charge on any atom is -0.478 e. The van der Waals surface area contributed by atoms with E-state index in [4.69, 9.17) is 12.2 Å². The van der Waals surface area contributed by atoms with Crippen molar-refractivity contribution < 1.29 is 23.2 Å². The summed E-state index contributed by atoms with van der Waals surface area (Å²) < 4.78 is 24.9. The molecule has 1 unspecified atom stereocenters. The third kappa shape index (κ3) is 3.08. The van der Waals surface area contributed by atoms with E-state index in [1.165, 1.54) is 25.1 Å². The third-order valence-corrected chi connectivity index (χ3v) is 4.78. The number of carboxylic acids is 1. The maximum absolute atomic E-state index is 12.1. The van der Waals surface area contributed by atoms with Crippen LogP contribution in [-0.4, -0.2) is 46.1 Å². The number of nitro benzene ring substituents is 1. The van der Waals surface area contributed by atoms with Gasteiger partial charge in [-0.2, -0.15) is 0 Å². The fourth-order valence-electron chi connectivity index (χ4n) is 2.42. The molecule has 0 saturated heterocycles. The molecule has 0 fully saturated rings. The van der Waals surface area contributed by atoms with Crippen LogP contribution in [0.2, 0.25) is 0 Å². The molecule has 0 aliphatic carbocycles. The number of rotatable bonds is 4. The number of nitro groups is 1. The lowest BCUT2D eigenvalue weighted by Gasteiger charge is -2.35. The van der Waals surface area contributed by atoms with Crippen molar-refractivity contribution in [2.45, 2.75) is 13.0 Å². The van der Waals surface area contributed by atoms with Gasteiger partial charge in [0, 0.05) is 6.07 Å². The monoisotopic (exact) mass is 371 g/mol. The number of sulfonamides is 1. The van der Waals surface area contributed by atoms with Gasteiger partial charge in [0.2, 0.25) is 10.0 Å². The van der Waals surface area contributed by atoms with Crippen molar-refractivity contribution in [3.8, 4) is 0 Å². The fraction of sp³-hybridized carbons (Fsp3) is 0.231. The van der Waals surface area contributed by atoms with E-state index in [0.717, 1.165) is 12.3 Å². The van der Waals surface area contributed by atoms with Crippen molar-refractivity contribution in [1.29, 1.82) is 0 Å². The zero-order chi connectivity index (χ0) is 18.2. The normalized spacial score (nSPS) is 18.3. The number of hydrogen-bond acceptors (Lipinski definition) is 6. The zero-order valence-corrected chi connectivity index (χ0v) is 14.2. The van der Waals surface area contributed by atoms with Crippen molar-refractivity contribution in [3.63, 3.8) is 0 Å². The first kappa shape index (κ1) is 17.8. The Hall–Kier alpha value is -2.53. The predicted octanol–water partition coefficient (Wildman–Crippen LogP) is 0.929. The SMILES string of the molecule is CC1NC(=S)N(S(C)(=O)=O)C(c2ccccc2[N+](=O)[O-])=C1C(=O)O. The molecular formula is C13H13N3O6S2. The van der Waals surface area contributed by atoms with E-state index < -0.39 is 32.6 Å². The number of para-hydroxylation sites is 1. The second kappa shape index (κ2) is 6.17. The van der Waals surface area contributed by atoms with Gasteiger partial charge in [-0.3, -0.25) is 10.1 Å². The van der Waals surface area contributed by atoms with Gasteiger partial charge >= 0.3 is 5.97 Å². The van der Waals surface area contributed by atoms with Gasteiger partial charge < -0.3 is 10.4 Å². The molecule has 0 bridgehead atoms. The Kier molecular flexibility index (Phi) is 4.58. The Morgan fingerprint density at radius 2 is 2.00 bits per heavy atom. The standard InChI is InChI=1S/C13H13N3O6S2/c1-7-10(12(17)18)11(15(13(23)14-7)24(2,21)22)8-5-3-4-6-9(8)16(19)20/h3-7H,1-2H3,(H,14,23)(H,17,18). The average molecular weight is 371 g/mol. The van der Waals surface area contributed by atoms with Crippen LogP contribution in [0.25, 0.3) is 5.70 Å². The molecule has 1 aromatic carbocycles. The van der Waals surface area contributed by atoms with Crippen LogP contribution < -0.4 is 5.32 Å². The largest absolute Gasteiger partial charge is 0.478 e. The highest BCUT2D eigenvalue weighted by molar-refractivity contribution is 7.91. The molecule has 9 nitrogen and oxygen atoms in total. The maximum atomic E-state index is 12.1. The summed E-state index contributed by atoms with van der Waals surface area (Å²) in [5, 5.41) is 23.1. The summed E-state index contributed by atoms with van der Waals surface area (Å²) in [4.78, 5) is 22.2. The van der Waals surface area contributed by atoms with E-state index in [9.17, 15) is 28.4 Å². The molecule has 0 amide bonds. The van der Waals surface area contributed by atoms with E-state index >= 15 is 0 Å². The highest BCUT2D eigenvalue weighted by Crippen LogP contribution is 2.35. The van der Waals surface area contributed by atoms with Crippen LogP contribution in [0.15, 0.2) is 29.8 Å². The molecule has 1 heterocycles. The second-order valence-electron chi connectivity index (χ2n) is 5.04. The summed E-state index contributed by atoms with van der Waals surface area (Å²) in [5.41, 5.74) is -1.21. The molecule has 128 valence electrons. The molecule has 2 N–H and O–H groups in total. The molecule has 2 rings (SSSR count).